The zero-order valence-corrected chi connectivity index (χ0v) is 9.73. The van der Waals surface area contributed by atoms with E-state index < -0.39 is 0 Å². The SMILES string of the molecule is C=CCOC(=O)C(CCCC)NC.Cl. The molecular weight excluding hydrogens is 202 g/mol. The maximum absolute atomic E-state index is 11.3. The van der Waals surface area contributed by atoms with Gasteiger partial charge in [0.2, 0.25) is 0 Å². The third-order valence-corrected chi connectivity index (χ3v) is 1.82. The fraction of sp³-hybridized carbons (Fsp3) is 0.700. The molecule has 1 atom stereocenters. The molecule has 0 heterocycles. The summed E-state index contributed by atoms with van der Waals surface area (Å²) in [4.78, 5) is 11.3. The van der Waals surface area contributed by atoms with Crippen LogP contribution in [0.15, 0.2) is 12.7 Å². The molecule has 0 saturated carbocycles. The van der Waals surface area contributed by atoms with E-state index in [1.807, 2.05) is 0 Å². The van der Waals surface area contributed by atoms with Crippen molar-refractivity contribution in [2.75, 3.05) is 13.7 Å². The van der Waals surface area contributed by atoms with Crippen molar-refractivity contribution in [3.05, 3.63) is 12.7 Å². The minimum atomic E-state index is -0.184. The van der Waals surface area contributed by atoms with E-state index in [1.165, 1.54) is 0 Å². The van der Waals surface area contributed by atoms with Crippen molar-refractivity contribution in [2.45, 2.75) is 32.2 Å². The molecule has 0 fully saturated rings. The molecule has 0 spiro atoms. The number of hydrogen-bond acceptors (Lipinski definition) is 3. The van der Waals surface area contributed by atoms with E-state index >= 15 is 0 Å². The first-order valence-corrected chi connectivity index (χ1v) is 4.71. The van der Waals surface area contributed by atoms with Gasteiger partial charge in [-0.3, -0.25) is 4.79 Å². The molecule has 3 nitrogen and oxygen atoms in total. The maximum Gasteiger partial charge on any atom is 0.323 e. The number of nitrogens with one attached hydrogen (secondary N) is 1. The first kappa shape index (κ1) is 15.9. The number of halogens is 1. The fourth-order valence-corrected chi connectivity index (χ4v) is 1.03. The molecule has 4 heteroatoms. The predicted molar refractivity (Wildman–Crippen MR) is 60.8 cm³/mol. The lowest BCUT2D eigenvalue weighted by Crippen LogP contribution is -2.35. The second kappa shape index (κ2) is 10.5. The summed E-state index contributed by atoms with van der Waals surface area (Å²) in [5, 5.41) is 2.94. The molecule has 1 N–H and O–H groups in total. The van der Waals surface area contributed by atoms with Gasteiger partial charge in [0.15, 0.2) is 0 Å². The van der Waals surface area contributed by atoms with Gasteiger partial charge in [-0.2, -0.15) is 0 Å². The number of ether oxygens (including phenoxy) is 1. The minimum absolute atomic E-state index is 0. The van der Waals surface area contributed by atoms with Gasteiger partial charge in [0.05, 0.1) is 0 Å². The molecule has 0 saturated heterocycles. The van der Waals surface area contributed by atoms with Crippen LogP contribution in [0.1, 0.15) is 26.2 Å². The lowest BCUT2D eigenvalue weighted by Gasteiger charge is -2.13. The molecule has 0 bridgehead atoms. The summed E-state index contributed by atoms with van der Waals surface area (Å²) in [6.45, 7) is 5.88. The standard InChI is InChI=1S/C10H19NO2.ClH/c1-4-6-7-9(11-3)10(12)13-8-5-2;/h5,9,11H,2,4,6-8H2,1,3H3;1H. The molecule has 0 aromatic carbocycles. The Morgan fingerprint density at radius 1 is 1.64 bits per heavy atom. The third kappa shape index (κ3) is 6.92. The van der Waals surface area contributed by atoms with Gasteiger partial charge in [0.25, 0.3) is 0 Å². The topological polar surface area (TPSA) is 38.3 Å². The molecule has 0 aliphatic heterocycles. The first-order valence-electron chi connectivity index (χ1n) is 4.71. The molecule has 84 valence electrons. The van der Waals surface area contributed by atoms with Crippen LogP contribution in [-0.2, 0) is 9.53 Å². The number of carbonyl (C=O) groups is 1. The largest absolute Gasteiger partial charge is 0.460 e. The van der Waals surface area contributed by atoms with Crippen LogP contribution in [0.4, 0.5) is 0 Å². The Hall–Kier alpha value is -0.540. The number of likely N-dealkylation sites (N-methyl/N-ethyl adjacent to an activating group) is 1. The molecule has 0 aliphatic rings. The van der Waals surface area contributed by atoms with Crippen LogP contribution >= 0.6 is 12.4 Å². The third-order valence-electron chi connectivity index (χ3n) is 1.82. The minimum Gasteiger partial charge on any atom is -0.460 e. The molecule has 0 amide bonds. The molecule has 14 heavy (non-hydrogen) atoms. The summed E-state index contributed by atoms with van der Waals surface area (Å²) in [6.07, 6.45) is 4.54. The van der Waals surface area contributed by atoms with Crippen molar-refractivity contribution in [1.82, 2.24) is 5.32 Å². The molecule has 0 aromatic rings. The number of unbranched alkanes of at least 4 members (excludes halogenated alkanes) is 1. The number of hydrogen-bond donors (Lipinski definition) is 1. The average Bonchev–Trinajstić information content (AvgIpc) is 2.16. The highest BCUT2D eigenvalue weighted by Crippen LogP contribution is 2.01. The average molecular weight is 222 g/mol. The van der Waals surface area contributed by atoms with Crippen molar-refractivity contribution in [3.8, 4) is 0 Å². The lowest BCUT2D eigenvalue weighted by molar-refractivity contribution is -0.145. The highest BCUT2D eigenvalue weighted by molar-refractivity contribution is 5.85. The van der Waals surface area contributed by atoms with E-state index in [4.69, 9.17) is 4.74 Å². The van der Waals surface area contributed by atoms with Gasteiger partial charge in [-0.1, -0.05) is 32.4 Å². The van der Waals surface area contributed by atoms with Crippen LogP contribution < -0.4 is 5.32 Å². The van der Waals surface area contributed by atoms with Crippen LogP contribution in [0.5, 0.6) is 0 Å². The van der Waals surface area contributed by atoms with E-state index in [0.29, 0.717) is 6.61 Å². The quantitative estimate of drug-likeness (QED) is 0.527. The number of carbonyl (C=O) groups excluding carboxylic acids is 1. The van der Waals surface area contributed by atoms with Gasteiger partial charge in [0, 0.05) is 0 Å². The summed E-state index contributed by atoms with van der Waals surface area (Å²) in [6, 6.07) is -0.167. The Morgan fingerprint density at radius 3 is 2.71 bits per heavy atom. The molecule has 0 rings (SSSR count). The summed E-state index contributed by atoms with van der Waals surface area (Å²) in [7, 11) is 1.77. The summed E-state index contributed by atoms with van der Waals surface area (Å²) in [5.74, 6) is -0.184. The van der Waals surface area contributed by atoms with Crippen molar-refractivity contribution in [3.63, 3.8) is 0 Å². The van der Waals surface area contributed by atoms with E-state index in [0.717, 1.165) is 19.3 Å². The van der Waals surface area contributed by atoms with Crippen molar-refractivity contribution in [1.29, 1.82) is 0 Å². The first-order chi connectivity index (χ1) is 6.26. The monoisotopic (exact) mass is 221 g/mol. The van der Waals surface area contributed by atoms with E-state index in [-0.39, 0.29) is 24.4 Å². The fourth-order valence-electron chi connectivity index (χ4n) is 1.03. The summed E-state index contributed by atoms with van der Waals surface area (Å²) < 4.78 is 4.92. The zero-order chi connectivity index (χ0) is 10.1. The van der Waals surface area contributed by atoms with Gasteiger partial charge in [-0.15, -0.1) is 12.4 Å². The van der Waals surface area contributed by atoms with Crippen LogP contribution in [0, 0.1) is 0 Å². The van der Waals surface area contributed by atoms with Gasteiger partial charge in [0.1, 0.15) is 12.6 Å². The number of esters is 1. The van der Waals surface area contributed by atoms with Crippen molar-refractivity contribution >= 4 is 18.4 Å². The van der Waals surface area contributed by atoms with Gasteiger partial charge < -0.3 is 10.1 Å². The van der Waals surface area contributed by atoms with Gasteiger partial charge in [-0.05, 0) is 13.5 Å². The normalized spacial score (nSPS) is 11.3. The summed E-state index contributed by atoms with van der Waals surface area (Å²) in [5.41, 5.74) is 0. The zero-order valence-electron chi connectivity index (χ0n) is 8.91. The number of rotatable bonds is 7. The Labute approximate surface area is 92.3 Å². The van der Waals surface area contributed by atoms with Crippen molar-refractivity contribution in [2.24, 2.45) is 0 Å². The summed E-state index contributed by atoms with van der Waals surface area (Å²) >= 11 is 0. The van der Waals surface area contributed by atoms with Crippen LogP contribution in [-0.4, -0.2) is 25.7 Å². The molecule has 1 unspecified atom stereocenters. The highest BCUT2D eigenvalue weighted by Gasteiger charge is 2.15. The Kier molecular flexibility index (Phi) is 12.0. The Morgan fingerprint density at radius 2 is 2.29 bits per heavy atom. The van der Waals surface area contributed by atoms with Gasteiger partial charge >= 0.3 is 5.97 Å². The lowest BCUT2D eigenvalue weighted by atomic mass is 10.1. The second-order valence-electron chi connectivity index (χ2n) is 2.90. The van der Waals surface area contributed by atoms with Crippen LogP contribution in [0.25, 0.3) is 0 Å². The van der Waals surface area contributed by atoms with E-state index in [1.54, 1.807) is 13.1 Å². The predicted octanol–water partition coefficient (Wildman–Crippen LogP) is 1.92. The van der Waals surface area contributed by atoms with Crippen LogP contribution in [0.3, 0.4) is 0 Å². The molecule has 0 radical (unpaired) electrons. The van der Waals surface area contributed by atoms with E-state index in [9.17, 15) is 4.79 Å². The van der Waals surface area contributed by atoms with Crippen LogP contribution in [0.2, 0.25) is 0 Å². The Balaban J connectivity index is 0. The van der Waals surface area contributed by atoms with Crippen molar-refractivity contribution < 1.29 is 9.53 Å². The highest BCUT2D eigenvalue weighted by atomic mass is 35.5. The molecule has 0 aliphatic carbocycles. The molecular formula is C10H20ClNO2. The molecule has 0 aromatic heterocycles. The smallest absolute Gasteiger partial charge is 0.323 e. The second-order valence-corrected chi connectivity index (χ2v) is 2.90. The van der Waals surface area contributed by atoms with E-state index in [2.05, 4.69) is 18.8 Å². The van der Waals surface area contributed by atoms with Gasteiger partial charge in [-0.25, -0.2) is 0 Å². The maximum atomic E-state index is 11.3. The Bertz CT molecular complexity index is 162.